The van der Waals surface area contributed by atoms with Gasteiger partial charge in [0.2, 0.25) is 0 Å². The number of amides is 1. The van der Waals surface area contributed by atoms with E-state index in [2.05, 4.69) is 32.3 Å². The van der Waals surface area contributed by atoms with Crippen LogP contribution in [0.4, 0.5) is 0 Å². The predicted octanol–water partition coefficient (Wildman–Crippen LogP) is 4.42. The Balaban J connectivity index is 2.05. The fraction of sp³-hybridized carbons (Fsp3) is 0.278. The maximum absolute atomic E-state index is 12.4. The first-order valence-corrected chi connectivity index (χ1v) is 9.21. The van der Waals surface area contributed by atoms with Gasteiger partial charge in [0, 0.05) is 23.0 Å². The van der Waals surface area contributed by atoms with E-state index >= 15 is 0 Å². The van der Waals surface area contributed by atoms with E-state index in [4.69, 9.17) is 5.26 Å². The molecular formula is C18H18BrN3OS. The molecule has 6 heteroatoms. The summed E-state index contributed by atoms with van der Waals surface area (Å²) in [5.41, 5.74) is 1.10. The van der Waals surface area contributed by atoms with Gasteiger partial charge in [0.1, 0.15) is 5.03 Å². The van der Waals surface area contributed by atoms with Gasteiger partial charge in [-0.2, -0.15) is 5.26 Å². The Morgan fingerprint density at radius 2 is 2.04 bits per heavy atom. The summed E-state index contributed by atoms with van der Waals surface area (Å²) in [6.07, 6.45) is 1.68. The Bertz CT molecular complexity index is 754. The van der Waals surface area contributed by atoms with Gasteiger partial charge >= 0.3 is 0 Å². The van der Waals surface area contributed by atoms with Crippen LogP contribution in [0.25, 0.3) is 0 Å². The first-order chi connectivity index (χ1) is 11.4. The highest BCUT2D eigenvalue weighted by Gasteiger charge is 2.19. The monoisotopic (exact) mass is 403 g/mol. The van der Waals surface area contributed by atoms with Crippen molar-refractivity contribution in [3.8, 4) is 6.07 Å². The van der Waals surface area contributed by atoms with E-state index in [1.54, 1.807) is 32.2 Å². The lowest BCUT2D eigenvalue weighted by Crippen LogP contribution is -2.33. The summed E-state index contributed by atoms with van der Waals surface area (Å²) < 4.78 is 1.04. The lowest BCUT2D eigenvalue weighted by atomic mass is 9.96. The van der Waals surface area contributed by atoms with Gasteiger partial charge in [-0.25, -0.2) is 4.98 Å². The summed E-state index contributed by atoms with van der Waals surface area (Å²) in [5.74, 6) is 0.526. The van der Waals surface area contributed by atoms with Crippen molar-refractivity contribution in [1.29, 1.82) is 5.26 Å². The van der Waals surface area contributed by atoms with E-state index in [9.17, 15) is 4.79 Å². The van der Waals surface area contributed by atoms with Crippen LogP contribution in [-0.4, -0.2) is 17.4 Å². The zero-order valence-electron chi connectivity index (χ0n) is 13.5. The molecule has 2 aromatic rings. The second-order valence-corrected chi connectivity index (χ2v) is 7.83. The number of hydrogen-bond acceptors (Lipinski definition) is 4. The number of nitriles is 1. The minimum Gasteiger partial charge on any atom is -0.350 e. The molecule has 0 aliphatic carbocycles. The lowest BCUT2D eigenvalue weighted by molar-refractivity contribution is 0.0940. The number of benzene rings is 1. The molecule has 24 heavy (non-hydrogen) atoms. The van der Waals surface area contributed by atoms with Gasteiger partial charge in [-0.3, -0.25) is 4.79 Å². The molecule has 0 bridgehead atoms. The molecule has 0 saturated carbocycles. The molecule has 2 rings (SSSR count). The summed E-state index contributed by atoms with van der Waals surface area (Å²) in [7, 11) is 0. The highest BCUT2D eigenvalue weighted by molar-refractivity contribution is 9.10. The molecule has 1 N–H and O–H groups in total. The smallest absolute Gasteiger partial charge is 0.254 e. The first kappa shape index (κ1) is 18.5. The summed E-state index contributed by atoms with van der Waals surface area (Å²) in [6.45, 7) is 3.88. The second kappa shape index (κ2) is 8.32. The average Bonchev–Trinajstić information content (AvgIpc) is 2.59. The van der Waals surface area contributed by atoms with Crippen LogP contribution in [0.2, 0.25) is 0 Å². The Morgan fingerprint density at radius 3 is 2.71 bits per heavy atom. The second-order valence-electron chi connectivity index (χ2n) is 5.95. The van der Waals surface area contributed by atoms with Crippen molar-refractivity contribution >= 4 is 33.6 Å². The molecule has 1 aromatic carbocycles. The molecule has 0 spiro atoms. The van der Waals surface area contributed by atoms with Crippen LogP contribution >= 0.6 is 27.7 Å². The Morgan fingerprint density at radius 1 is 1.33 bits per heavy atom. The van der Waals surface area contributed by atoms with Gasteiger partial charge in [0.05, 0.1) is 17.0 Å². The van der Waals surface area contributed by atoms with E-state index in [0.29, 0.717) is 17.1 Å². The molecule has 1 aromatic heterocycles. The maximum atomic E-state index is 12.4. The third kappa shape index (κ3) is 5.36. The van der Waals surface area contributed by atoms with Gasteiger partial charge in [-0.1, -0.05) is 28.1 Å². The average molecular weight is 404 g/mol. The van der Waals surface area contributed by atoms with Crippen LogP contribution in [0, 0.1) is 16.7 Å². The molecule has 4 nitrogen and oxygen atoms in total. The number of halogens is 1. The minimum absolute atomic E-state index is 0.204. The van der Waals surface area contributed by atoms with Crippen LogP contribution in [-0.2, 0) is 5.75 Å². The zero-order chi connectivity index (χ0) is 17.6. The fourth-order valence-corrected chi connectivity index (χ4v) is 3.06. The molecule has 1 heterocycles. The van der Waals surface area contributed by atoms with E-state index in [0.717, 1.165) is 15.8 Å². The molecule has 0 atom stereocenters. The minimum atomic E-state index is -0.595. The SMILES string of the molecule is CC(C)(C#N)CNC(=O)c1cccnc1SCc1ccc(Br)cc1. The number of nitrogens with zero attached hydrogens (tertiary/aromatic N) is 2. The van der Waals surface area contributed by atoms with Gasteiger partial charge in [0.15, 0.2) is 0 Å². The van der Waals surface area contributed by atoms with Crippen molar-refractivity contribution in [3.05, 3.63) is 58.2 Å². The third-order valence-electron chi connectivity index (χ3n) is 3.30. The lowest BCUT2D eigenvalue weighted by Gasteiger charge is -2.16. The normalized spacial score (nSPS) is 10.9. The number of thioether (sulfide) groups is 1. The van der Waals surface area contributed by atoms with Crippen LogP contribution in [0.1, 0.15) is 29.8 Å². The topological polar surface area (TPSA) is 65.8 Å². The molecule has 0 fully saturated rings. The Kier molecular flexibility index (Phi) is 6.41. The van der Waals surface area contributed by atoms with Crippen molar-refractivity contribution in [2.45, 2.75) is 24.6 Å². The van der Waals surface area contributed by atoms with Crippen LogP contribution in [0.15, 0.2) is 52.1 Å². The summed E-state index contributed by atoms with van der Waals surface area (Å²) in [4.78, 5) is 16.7. The number of carbonyl (C=O) groups is 1. The standard InChI is InChI=1S/C18H18BrN3OS/c1-18(2,11-20)12-22-16(23)15-4-3-9-21-17(15)24-10-13-5-7-14(19)8-6-13/h3-9H,10,12H2,1-2H3,(H,22,23). The highest BCUT2D eigenvalue weighted by atomic mass is 79.9. The van der Waals surface area contributed by atoms with Crippen molar-refractivity contribution < 1.29 is 4.79 Å². The molecule has 0 saturated heterocycles. The molecule has 0 unspecified atom stereocenters. The van der Waals surface area contributed by atoms with Gasteiger partial charge in [0.25, 0.3) is 5.91 Å². The Hall–Kier alpha value is -1.84. The highest BCUT2D eigenvalue weighted by Crippen LogP contribution is 2.25. The number of nitrogens with one attached hydrogen (secondary N) is 1. The van der Waals surface area contributed by atoms with Crippen molar-refractivity contribution in [2.75, 3.05) is 6.54 Å². The molecule has 1 amide bonds. The molecule has 0 aliphatic heterocycles. The summed E-state index contributed by atoms with van der Waals surface area (Å²) >= 11 is 4.94. The number of aromatic nitrogens is 1. The third-order valence-corrected chi connectivity index (χ3v) is 4.90. The van der Waals surface area contributed by atoms with Crippen LogP contribution in [0.3, 0.4) is 0 Å². The summed E-state index contributed by atoms with van der Waals surface area (Å²) in [5, 5.41) is 12.5. The van der Waals surface area contributed by atoms with E-state index in [1.807, 2.05) is 24.3 Å². The predicted molar refractivity (Wildman–Crippen MR) is 99.7 cm³/mol. The van der Waals surface area contributed by atoms with E-state index in [1.165, 1.54) is 11.8 Å². The molecule has 0 radical (unpaired) electrons. The quantitative estimate of drug-likeness (QED) is 0.724. The number of carbonyl (C=O) groups excluding carboxylic acids is 1. The van der Waals surface area contributed by atoms with Gasteiger partial charge in [-0.05, 0) is 43.7 Å². The van der Waals surface area contributed by atoms with Gasteiger partial charge < -0.3 is 5.32 Å². The zero-order valence-corrected chi connectivity index (χ0v) is 15.9. The van der Waals surface area contributed by atoms with Crippen molar-refractivity contribution in [3.63, 3.8) is 0 Å². The largest absolute Gasteiger partial charge is 0.350 e. The fourth-order valence-electron chi connectivity index (χ4n) is 1.85. The Labute approximate surface area is 154 Å². The number of rotatable bonds is 6. The van der Waals surface area contributed by atoms with E-state index in [-0.39, 0.29) is 5.91 Å². The first-order valence-electron chi connectivity index (χ1n) is 7.43. The number of pyridine rings is 1. The number of hydrogen-bond donors (Lipinski definition) is 1. The summed E-state index contributed by atoms with van der Waals surface area (Å²) in [6, 6.07) is 13.7. The van der Waals surface area contributed by atoms with E-state index < -0.39 is 5.41 Å². The molecule has 0 aliphatic rings. The van der Waals surface area contributed by atoms with Crippen LogP contribution < -0.4 is 5.32 Å². The maximum Gasteiger partial charge on any atom is 0.254 e. The molecule has 124 valence electrons. The van der Waals surface area contributed by atoms with Crippen LogP contribution in [0.5, 0.6) is 0 Å². The van der Waals surface area contributed by atoms with Gasteiger partial charge in [-0.15, -0.1) is 11.8 Å². The van der Waals surface area contributed by atoms with Crippen molar-refractivity contribution in [1.82, 2.24) is 10.3 Å². The van der Waals surface area contributed by atoms with Crippen molar-refractivity contribution in [2.24, 2.45) is 5.41 Å². The molecular weight excluding hydrogens is 386 g/mol.